The zero-order valence-electron chi connectivity index (χ0n) is 7.70. The fourth-order valence-electron chi connectivity index (χ4n) is 2.18. The summed E-state index contributed by atoms with van der Waals surface area (Å²) in [5, 5.41) is 12.4. The van der Waals surface area contributed by atoms with Gasteiger partial charge in [-0.25, -0.2) is 0 Å². The second-order valence-corrected chi connectivity index (χ2v) is 3.88. The van der Waals surface area contributed by atoms with Gasteiger partial charge < -0.3 is 10.4 Å². The van der Waals surface area contributed by atoms with Crippen LogP contribution in [0.1, 0.15) is 19.3 Å². The van der Waals surface area contributed by atoms with Crippen LogP contribution in [0.3, 0.4) is 0 Å². The van der Waals surface area contributed by atoms with E-state index in [1.807, 2.05) is 0 Å². The van der Waals surface area contributed by atoms with Crippen molar-refractivity contribution in [1.29, 1.82) is 0 Å². The van der Waals surface area contributed by atoms with Gasteiger partial charge in [0.05, 0.1) is 0 Å². The lowest BCUT2D eigenvalue weighted by Crippen LogP contribution is -2.57. The van der Waals surface area contributed by atoms with Gasteiger partial charge >= 0.3 is 5.97 Å². The summed E-state index contributed by atoms with van der Waals surface area (Å²) in [6, 6.07) is -0.103. The van der Waals surface area contributed by atoms with Gasteiger partial charge in [-0.1, -0.05) is 0 Å². The van der Waals surface area contributed by atoms with Crippen molar-refractivity contribution in [3.63, 3.8) is 0 Å². The molecule has 0 radical (unpaired) electrons. The van der Waals surface area contributed by atoms with Crippen molar-refractivity contribution in [2.75, 3.05) is 19.6 Å². The van der Waals surface area contributed by atoms with Crippen LogP contribution < -0.4 is 5.32 Å². The van der Waals surface area contributed by atoms with E-state index >= 15 is 0 Å². The van der Waals surface area contributed by atoms with E-state index in [0.29, 0.717) is 0 Å². The predicted molar refractivity (Wildman–Crippen MR) is 48.6 cm³/mol. The first-order chi connectivity index (χ1) is 6.29. The highest BCUT2D eigenvalue weighted by Crippen LogP contribution is 2.19. The number of carboxylic acid groups (broad SMARTS) is 1. The molecule has 13 heavy (non-hydrogen) atoms. The third-order valence-electron chi connectivity index (χ3n) is 3.02. The minimum Gasteiger partial charge on any atom is -0.480 e. The molecule has 4 heteroatoms. The van der Waals surface area contributed by atoms with Crippen molar-refractivity contribution < 1.29 is 9.90 Å². The Labute approximate surface area is 77.9 Å². The van der Waals surface area contributed by atoms with Gasteiger partial charge in [0.1, 0.15) is 6.04 Å². The van der Waals surface area contributed by atoms with Crippen LogP contribution >= 0.6 is 0 Å². The van der Waals surface area contributed by atoms with E-state index in [1.165, 1.54) is 0 Å². The van der Waals surface area contributed by atoms with Gasteiger partial charge in [-0.15, -0.1) is 0 Å². The van der Waals surface area contributed by atoms with Gasteiger partial charge in [0.15, 0.2) is 0 Å². The third kappa shape index (κ3) is 1.69. The average molecular weight is 184 g/mol. The van der Waals surface area contributed by atoms with E-state index in [-0.39, 0.29) is 12.1 Å². The van der Waals surface area contributed by atoms with Gasteiger partial charge in [-0.05, 0) is 25.8 Å². The quantitative estimate of drug-likeness (QED) is 0.643. The summed E-state index contributed by atoms with van der Waals surface area (Å²) >= 11 is 0. The van der Waals surface area contributed by atoms with E-state index < -0.39 is 5.97 Å². The van der Waals surface area contributed by atoms with E-state index in [4.69, 9.17) is 5.11 Å². The molecular weight excluding hydrogens is 168 g/mol. The Morgan fingerprint density at radius 3 is 2.62 bits per heavy atom. The van der Waals surface area contributed by atoms with E-state index in [9.17, 15) is 4.79 Å². The molecule has 2 atom stereocenters. The molecule has 0 aromatic heterocycles. The Balaban J connectivity index is 1.98. The topological polar surface area (TPSA) is 52.6 Å². The number of rotatable bonds is 3. The number of carboxylic acids is 1. The number of nitrogens with one attached hydrogen (secondary N) is 1. The molecule has 4 nitrogen and oxygen atoms in total. The summed E-state index contributed by atoms with van der Waals surface area (Å²) in [6.45, 7) is 2.88. The fourth-order valence-corrected chi connectivity index (χ4v) is 2.18. The highest BCUT2D eigenvalue weighted by atomic mass is 16.4. The molecule has 2 heterocycles. The van der Waals surface area contributed by atoms with E-state index in [0.717, 1.165) is 38.9 Å². The van der Waals surface area contributed by atoms with Crippen molar-refractivity contribution in [2.24, 2.45) is 0 Å². The summed E-state index contributed by atoms with van der Waals surface area (Å²) in [4.78, 5) is 13.1. The fraction of sp³-hybridized carbons (Fsp3) is 0.889. The summed E-state index contributed by atoms with van der Waals surface area (Å²) < 4.78 is 0. The lowest BCUT2D eigenvalue weighted by Gasteiger charge is -2.38. The summed E-state index contributed by atoms with van der Waals surface area (Å²) in [5.74, 6) is -0.667. The molecule has 0 aliphatic carbocycles. The Kier molecular flexibility index (Phi) is 2.51. The molecule has 2 fully saturated rings. The second kappa shape index (κ2) is 3.64. The van der Waals surface area contributed by atoms with Gasteiger partial charge in [0.2, 0.25) is 0 Å². The predicted octanol–water partition coefficient (Wildman–Crippen LogP) is -0.103. The van der Waals surface area contributed by atoms with E-state index in [1.54, 1.807) is 0 Å². The van der Waals surface area contributed by atoms with Gasteiger partial charge in [-0.2, -0.15) is 0 Å². The first-order valence-electron chi connectivity index (χ1n) is 4.99. The Morgan fingerprint density at radius 1 is 1.46 bits per heavy atom. The maximum Gasteiger partial charge on any atom is 0.322 e. The molecule has 0 spiro atoms. The number of carbonyl (C=O) groups is 1. The third-order valence-corrected chi connectivity index (χ3v) is 3.02. The molecule has 2 N–H and O–H groups in total. The zero-order chi connectivity index (χ0) is 9.26. The van der Waals surface area contributed by atoms with Crippen LogP contribution in [0.5, 0.6) is 0 Å². The smallest absolute Gasteiger partial charge is 0.322 e. The van der Waals surface area contributed by atoms with Gasteiger partial charge in [-0.3, -0.25) is 9.69 Å². The molecule has 0 bridgehead atoms. The molecule has 2 rings (SSSR count). The van der Waals surface area contributed by atoms with Crippen LogP contribution in [-0.4, -0.2) is 47.7 Å². The van der Waals surface area contributed by atoms with Crippen LogP contribution in [-0.2, 0) is 4.79 Å². The van der Waals surface area contributed by atoms with Gasteiger partial charge in [0, 0.05) is 19.1 Å². The number of hydrogen-bond acceptors (Lipinski definition) is 3. The molecule has 2 aliphatic heterocycles. The highest BCUT2D eigenvalue weighted by molar-refractivity contribution is 5.74. The van der Waals surface area contributed by atoms with Crippen molar-refractivity contribution in [3.05, 3.63) is 0 Å². The van der Waals surface area contributed by atoms with Crippen molar-refractivity contribution in [3.8, 4) is 0 Å². The Bertz CT molecular complexity index is 198. The van der Waals surface area contributed by atoms with Crippen molar-refractivity contribution in [2.45, 2.75) is 31.3 Å². The molecule has 2 unspecified atom stereocenters. The first-order valence-corrected chi connectivity index (χ1v) is 4.99. The molecule has 0 aromatic rings. The van der Waals surface area contributed by atoms with Crippen molar-refractivity contribution in [1.82, 2.24) is 10.2 Å². The average Bonchev–Trinajstić information content (AvgIpc) is 2.46. The Morgan fingerprint density at radius 2 is 2.23 bits per heavy atom. The largest absolute Gasteiger partial charge is 0.480 e. The minimum atomic E-state index is -0.667. The molecule has 0 amide bonds. The molecule has 74 valence electrons. The molecule has 2 aliphatic rings. The number of nitrogens with zero attached hydrogens (tertiary/aromatic N) is 1. The maximum absolute atomic E-state index is 11.0. The van der Waals surface area contributed by atoms with Crippen LogP contribution in [0, 0.1) is 0 Å². The lowest BCUT2D eigenvalue weighted by molar-refractivity contribution is -0.146. The first kappa shape index (κ1) is 8.97. The standard InChI is InChI=1S/C9H16N2O2/c12-9(13)8(11-5-2-6-11)7-3-1-4-10-7/h7-8,10H,1-6H2,(H,12,13). The maximum atomic E-state index is 11.0. The number of likely N-dealkylation sites (tertiary alicyclic amines) is 1. The normalized spacial score (nSPS) is 31.2. The summed E-state index contributed by atoms with van der Waals surface area (Å²) in [5.41, 5.74) is 0. The second-order valence-electron chi connectivity index (χ2n) is 3.88. The molecule has 0 aromatic carbocycles. The van der Waals surface area contributed by atoms with Crippen LogP contribution in [0.25, 0.3) is 0 Å². The summed E-state index contributed by atoms with van der Waals surface area (Å²) in [6.07, 6.45) is 3.27. The minimum absolute atomic E-state index is 0.179. The van der Waals surface area contributed by atoms with Crippen LogP contribution in [0.2, 0.25) is 0 Å². The van der Waals surface area contributed by atoms with Crippen molar-refractivity contribution >= 4 is 5.97 Å². The molecular formula is C9H16N2O2. The van der Waals surface area contributed by atoms with Gasteiger partial charge in [0.25, 0.3) is 0 Å². The van der Waals surface area contributed by atoms with E-state index in [2.05, 4.69) is 10.2 Å². The Hall–Kier alpha value is -0.610. The SMILES string of the molecule is O=C(O)C(C1CCCN1)N1CCC1. The number of aliphatic carboxylic acids is 1. The number of hydrogen-bond donors (Lipinski definition) is 2. The van der Waals surface area contributed by atoms with Crippen LogP contribution in [0.15, 0.2) is 0 Å². The molecule has 2 saturated heterocycles. The summed E-state index contributed by atoms with van der Waals surface area (Å²) in [7, 11) is 0. The lowest BCUT2D eigenvalue weighted by atomic mass is 10.0. The monoisotopic (exact) mass is 184 g/mol. The zero-order valence-corrected chi connectivity index (χ0v) is 7.70. The highest BCUT2D eigenvalue weighted by Gasteiger charge is 2.37. The molecule has 0 saturated carbocycles. The van der Waals surface area contributed by atoms with Crippen LogP contribution in [0.4, 0.5) is 0 Å².